The maximum absolute atomic E-state index is 11.3. The molecule has 0 radical (unpaired) electrons. The summed E-state index contributed by atoms with van der Waals surface area (Å²) in [7, 11) is -3.12. The summed E-state index contributed by atoms with van der Waals surface area (Å²) in [5, 5.41) is 3.31. The standard InChI is InChI=1S/C15H18N2O2S/c1-12-3-4-14(11-17-12)10-16-9-13-5-7-15(8-6-13)20(2,18)19/h3-8,11,16H,9-10H2,1-2H3. The van der Waals surface area contributed by atoms with Gasteiger partial charge in [0.05, 0.1) is 4.90 Å². The van der Waals surface area contributed by atoms with Crippen molar-refractivity contribution in [3.63, 3.8) is 0 Å². The molecule has 0 saturated carbocycles. The molecule has 1 aromatic carbocycles. The first-order chi connectivity index (χ1) is 9.45. The molecule has 2 rings (SSSR count). The molecule has 0 fully saturated rings. The van der Waals surface area contributed by atoms with E-state index in [2.05, 4.69) is 10.3 Å². The highest BCUT2D eigenvalue weighted by Crippen LogP contribution is 2.10. The molecule has 0 bridgehead atoms. The summed E-state index contributed by atoms with van der Waals surface area (Å²) in [6.07, 6.45) is 3.07. The molecule has 20 heavy (non-hydrogen) atoms. The van der Waals surface area contributed by atoms with Gasteiger partial charge in [-0.15, -0.1) is 0 Å². The van der Waals surface area contributed by atoms with Gasteiger partial charge in [0.25, 0.3) is 0 Å². The van der Waals surface area contributed by atoms with E-state index >= 15 is 0 Å². The number of aromatic nitrogens is 1. The van der Waals surface area contributed by atoms with E-state index in [1.807, 2.05) is 37.4 Å². The molecule has 5 heteroatoms. The molecule has 0 aliphatic carbocycles. The second-order valence-electron chi connectivity index (χ2n) is 4.83. The fraction of sp³-hybridized carbons (Fsp3) is 0.267. The fourth-order valence-electron chi connectivity index (χ4n) is 1.81. The van der Waals surface area contributed by atoms with Gasteiger partial charge >= 0.3 is 0 Å². The normalized spacial score (nSPS) is 11.5. The van der Waals surface area contributed by atoms with Crippen LogP contribution < -0.4 is 5.32 Å². The number of hydrogen-bond donors (Lipinski definition) is 1. The molecule has 1 aromatic heterocycles. The van der Waals surface area contributed by atoms with Gasteiger partial charge in [0.2, 0.25) is 0 Å². The molecule has 0 aliphatic rings. The quantitative estimate of drug-likeness (QED) is 0.916. The van der Waals surface area contributed by atoms with Crippen molar-refractivity contribution in [3.05, 3.63) is 59.4 Å². The topological polar surface area (TPSA) is 59.1 Å². The Hall–Kier alpha value is -1.72. The van der Waals surface area contributed by atoms with Crippen molar-refractivity contribution >= 4 is 9.84 Å². The first-order valence-corrected chi connectivity index (χ1v) is 8.25. The number of nitrogens with zero attached hydrogens (tertiary/aromatic N) is 1. The molecule has 106 valence electrons. The van der Waals surface area contributed by atoms with Crippen LogP contribution in [0.25, 0.3) is 0 Å². The minimum Gasteiger partial charge on any atom is -0.309 e. The minimum absolute atomic E-state index is 0.351. The van der Waals surface area contributed by atoms with E-state index in [0.717, 1.165) is 23.4 Å². The Balaban J connectivity index is 1.90. The number of benzene rings is 1. The molecular weight excluding hydrogens is 272 g/mol. The Kier molecular flexibility index (Phi) is 4.52. The summed E-state index contributed by atoms with van der Waals surface area (Å²) in [5.41, 5.74) is 3.19. The van der Waals surface area contributed by atoms with Crippen LogP contribution in [0.3, 0.4) is 0 Å². The van der Waals surface area contributed by atoms with Crippen LogP contribution in [-0.2, 0) is 22.9 Å². The number of hydrogen-bond acceptors (Lipinski definition) is 4. The number of sulfone groups is 1. The van der Waals surface area contributed by atoms with Crippen LogP contribution in [0, 0.1) is 6.92 Å². The van der Waals surface area contributed by atoms with Crippen LogP contribution in [0.4, 0.5) is 0 Å². The number of aryl methyl sites for hydroxylation is 1. The Labute approximate surface area is 119 Å². The molecular formula is C15H18N2O2S. The number of rotatable bonds is 5. The summed E-state index contributed by atoms with van der Waals surface area (Å²) in [5.74, 6) is 0. The van der Waals surface area contributed by atoms with E-state index in [-0.39, 0.29) is 0 Å². The highest BCUT2D eigenvalue weighted by molar-refractivity contribution is 7.90. The summed E-state index contributed by atoms with van der Waals surface area (Å²) in [6.45, 7) is 3.39. The van der Waals surface area contributed by atoms with Crippen molar-refractivity contribution in [1.29, 1.82) is 0 Å². The summed E-state index contributed by atoms with van der Waals surface area (Å²) in [4.78, 5) is 4.59. The van der Waals surface area contributed by atoms with Crippen LogP contribution in [-0.4, -0.2) is 19.7 Å². The summed E-state index contributed by atoms with van der Waals surface area (Å²) >= 11 is 0. The number of pyridine rings is 1. The zero-order valence-electron chi connectivity index (χ0n) is 11.6. The number of nitrogens with one attached hydrogen (secondary N) is 1. The molecule has 0 atom stereocenters. The van der Waals surface area contributed by atoms with E-state index in [1.54, 1.807) is 12.1 Å². The average Bonchev–Trinajstić information content (AvgIpc) is 2.41. The smallest absolute Gasteiger partial charge is 0.175 e. The van der Waals surface area contributed by atoms with Crippen LogP contribution >= 0.6 is 0 Å². The van der Waals surface area contributed by atoms with Gasteiger partial charge in [-0.3, -0.25) is 4.98 Å². The second kappa shape index (κ2) is 6.15. The first-order valence-electron chi connectivity index (χ1n) is 6.36. The first kappa shape index (κ1) is 14.7. The lowest BCUT2D eigenvalue weighted by molar-refractivity contribution is 0.602. The van der Waals surface area contributed by atoms with Gasteiger partial charge in [-0.25, -0.2) is 8.42 Å². The van der Waals surface area contributed by atoms with E-state index < -0.39 is 9.84 Å². The van der Waals surface area contributed by atoms with Gasteiger partial charge in [-0.05, 0) is 36.2 Å². The molecule has 4 nitrogen and oxygen atoms in total. The second-order valence-corrected chi connectivity index (χ2v) is 6.84. The van der Waals surface area contributed by atoms with Crippen molar-refractivity contribution in [2.45, 2.75) is 24.9 Å². The molecule has 0 spiro atoms. The Bertz CT molecular complexity index is 662. The van der Waals surface area contributed by atoms with E-state index in [1.165, 1.54) is 6.26 Å². The third kappa shape index (κ3) is 4.15. The van der Waals surface area contributed by atoms with Gasteiger partial charge in [0, 0.05) is 31.2 Å². The maximum atomic E-state index is 11.3. The lowest BCUT2D eigenvalue weighted by Gasteiger charge is -2.06. The Morgan fingerprint density at radius 1 is 1.00 bits per heavy atom. The van der Waals surface area contributed by atoms with Crippen molar-refractivity contribution in [2.75, 3.05) is 6.26 Å². The molecule has 0 saturated heterocycles. The zero-order chi connectivity index (χ0) is 14.6. The van der Waals surface area contributed by atoms with Gasteiger partial charge in [0.15, 0.2) is 9.84 Å². The lowest BCUT2D eigenvalue weighted by Crippen LogP contribution is -2.13. The van der Waals surface area contributed by atoms with E-state index in [4.69, 9.17) is 0 Å². The van der Waals surface area contributed by atoms with Crippen molar-refractivity contribution < 1.29 is 8.42 Å². The van der Waals surface area contributed by atoms with Gasteiger partial charge in [-0.1, -0.05) is 18.2 Å². The summed E-state index contributed by atoms with van der Waals surface area (Å²) in [6, 6.07) is 11.0. The zero-order valence-corrected chi connectivity index (χ0v) is 12.4. The van der Waals surface area contributed by atoms with Gasteiger partial charge in [0.1, 0.15) is 0 Å². The predicted octanol–water partition coefficient (Wildman–Crippen LogP) is 2.08. The molecule has 0 aliphatic heterocycles. The highest BCUT2D eigenvalue weighted by Gasteiger charge is 2.05. The monoisotopic (exact) mass is 290 g/mol. The third-order valence-electron chi connectivity index (χ3n) is 2.98. The van der Waals surface area contributed by atoms with Crippen LogP contribution in [0.2, 0.25) is 0 Å². The van der Waals surface area contributed by atoms with Crippen molar-refractivity contribution in [3.8, 4) is 0 Å². The van der Waals surface area contributed by atoms with E-state index in [9.17, 15) is 8.42 Å². The largest absolute Gasteiger partial charge is 0.309 e. The Morgan fingerprint density at radius 3 is 2.15 bits per heavy atom. The summed E-state index contributed by atoms with van der Waals surface area (Å²) < 4.78 is 22.7. The molecule has 1 N–H and O–H groups in total. The molecule has 0 unspecified atom stereocenters. The Morgan fingerprint density at radius 2 is 1.60 bits per heavy atom. The maximum Gasteiger partial charge on any atom is 0.175 e. The lowest BCUT2D eigenvalue weighted by atomic mass is 10.2. The van der Waals surface area contributed by atoms with Crippen LogP contribution in [0.5, 0.6) is 0 Å². The molecule has 0 amide bonds. The SMILES string of the molecule is Cc1ccc(CNCc2ccc(S(C)(=O)=O)cc2)cn1. The molecule has 2 aromatic rings. The highest BCUT2D eigenvalue weighted by atomic mass is 32.2. The van der Waals surface area contributed by atoms with Gasteiger partial charge < -0.3 is 5.32 Å². The van der Waals surface area contributed by atoms with Crippen LogP contribution in [0.15, 0.2) is 47.5 Å². The van der Waals surface area contributed by atoms with Crippen molar-refractivity contribution in [1.82, 2.24) is 10.3 Å². The van der Waals surface area contributed by atoms with Crippen LogP contribution in [0.1, 0.15) is 16.8 Å². The fourth-order valence-corrected chi connectivity index (χ4v) is 2.44. The average molecular weight is 290 g/mol. The van der Waals surface area contributed by atoms with Crippen molar-refractivity contribution in [2.24, 2.45) is 0 Å². The van der Waals surface area contributed by atoms with E-state index in [0.29, 0.717) is 11.4 Å². The predicted molar refractivity (Wildman–Crippen MR) is 79.1 cm³/mol. The van der Waals surface area contributed by atoms with Gasteiger partial charge in [-0.2, -0.15) is 0 Å². The molecule has 1 heterocycles. The third-order valence-corrected chi connectivity index (χ3v) is 4.11. The minimum atomic E-state index is -3.12.